The van der Waals surface area contributed by atoms with Crippen molar-refractivity contribution in [1.29, 1.82) is 0 Å². The summed E-state index contributed by atoms with van der Waals surface area (Å²) in [7, 11) is 1.56. The van der Waals surface area contributed by atoms with Gasteiger partial charge in [-0.1, -0.05) is 37.0 Å². The minimum atomic E-state index is -0.617. The SMILES string of the molecule is C[C@@H]1CN([C@@H](C)CO)C(=O)c2cc(C#Cc3cccc(F)c3)cnc2O[C@H]1CN(C)C(=O)c1ccccc1F. The number of pyridine rings is 1. The molecule has 0 aliphatic carbocycles. The number of amides is 2. The van der Waals surface area contributed by atoms with Crippen molar-refractivity contribution in [3.05, 3.63) is 94.7 Å². The van der Waals surface area contributed by atoms with Crippen LogP contribution < -0.4 is 4.74 Å². The van der Waals surface area contributed by atoms with E-state index in [1.807, 2.05) is 6.92 Å². The fourth-order valence-electron chi connectivity index (χ4n) is 4.29. The van der Waals surface area contributed by atoms with Gasteiger partial charge in [0.1, 0.15) is 23.3 Å². The number of carbonyl (C=O) groups is 2. The van der Waals surface area contributed by atoms with Crippen molar-refractivity contribution in [3.8, 4) is 17.7 Å². The second kappa shape index (κ2) is 12.0. The first-order valence-corrected chi connectivity index (χ1v) is 12.5. The lowest BCUT2D eigenvalue weighted by Gasteiger charge is -2.37. The number of aliphatic hydroxyl groups is 1. The van der Waals surface area contributed by atoms with E-state index in [1.54, 1.807) is 43.1 Å². The molecule has 0 saturated carbocycles. The molecule has 39 heavy (non-hydrogen) atoms. The Morgan fingerprint density at radius 2 is 1.92 bits per heavy atom. The molecular formula is C30H29F2N3O4. The monoisotopic (exact) mass is 533 g/mol. The van der Waals surface area contributed by atoms with E-state index in [4.69, 9.17) is 4.74 Å². The van der Waals surface area contributed by atoms with Crippen LogP contribution in [0, 0.1) is 29.4 Å². The van der Waals surface area contributed by atoms with Gasteiger partial charge in [0, 0.05) is 36.8 Å². The van der Waals surface area contributed by atoms with Gasteiger partial charge in [-0.05, 0) is 43.3 Å². The number of carbonyl (C=O) groups excluding carboxylic acids is 2. The Morgan fingerprint density at radius 1 is 1.18 bits per heavy atom. The molecule has 0 radical (unpaired) electrons. The van der Waals surface area contributed by atoms with Crippen LogP contribution in [0.4, 0.5) is 8.78 Å². The number of aliphatic hydroxyl groups excluding tert-OH is 1. The van der Waals surface area contributed by atoms with Crippen molar-refractivity contribution in [2.24, 2.45) is 5.92 Å². The highest BCUT2D eigenvalue weighted by Gasteiger charge is 2.35. The van der Waals surface area contributed by atoms with Gasteiger partial charge < -0.3 is 19.6 Å². The van der Waals surface area contributed by atoms with Crippen LogP contribution in [0.1, 0.15) is 45.7 Å². The highest BCUT2D eigenvalue weighted by atomic mass is 19.1. The van der Waals surface area contributed by atoms with E-state index in [2.05, 4.69) is 16.8 Å². The molecule has 3 aromatic rings. The maximum atomic E-state index is 14.2. The normalized spacial score (nSPS) is 17.6. The minimum Gasteiger partial charge on any atom is -0.472 e. The van der Waals surface area contributed by atoms with E-state index in [-0.39, 0.29) is 48.5 Å². The zero-order valence-corrected chi connectivity index (χ0v) is 21.9. The summed E-state index contributed by atoms with van der Waals surface area (Å²) in [6, 6.07) is 12.7. The average Bonchev–Trinajstić information content (AvgIpc) is 2.93. The maximum absolute atomic E-state index is 14.2. The quantitative estimate of drug-likeness (QED) is 0.506. The van der Waals surface area contributed by atoms with Crippen LogP contribution in [0.3, 0.4) is 0 Å². The molecule has 2 amide bonds. The largest absolute Gasteiger partial charge is 0.472 e. The molecule has 2 heterocycles. The molecule has 1 aliphatic heterocycles. The van der Waals surface area contributed by atoms with E-state index in [0.717, 1.165) is 0 Å². The van der Waals surface area contributed by atoms with E-state index >= 15 is 0 Å². The molecule has 0 unspecified atom stereocenters. The minimum absolute atomic E-state index is 0.0516. The third kappa shape index (κ3) is 6.41. The third-order valence-electron chi connectivity index (χ3n) is 6.60. The number of rotatable bonds is 5. The summed E-state index contributed by atoms with van der Waals surface area (Å²) in [4.78, 5) is 33.8. The Hall–Kier alpha value is -4.29. The van der Waals surface area contributed by atoms with Crippen molar-refractivity contribution in [1.82, 2.24) is 14.8 Å². The van der Waals surface area contributed by atoms with E-state index in [0.29, 0.717) is 11.1 Å². The summed E-state index contributed by atoms with van der Waals surface area (Å²) >= 11 is 0. The fourth-order valence-corrected chi connectivity index (χ4v) is 4.29. The van der Waals surface area contributed by atoms with Crippen LogP contribution >= 0.6 is 0 Å². The van der Waals surface area contributed by atoms with Gasteiger partial charge in [0.25, 0.3) is 11.8 Å². The highest BCUT2D eigenvalue weighted by molar-refractivity contribution is 5.97. The van der Waals surface area contributed by atoms with Crippen LogP contribution in [-0.2, 0) is 0 Å². The maximum Gasteiger partial charge on any atom is 0.259 e. The third-order valence-corrected chi connectivity index (χ3v) is 6.60. The first-order valence-electron chi connectivity index (χ1n) is 12.5. The number of hydrogen-bond acceptors (Lipinski definition) is 5. The number of nitrogens with zero attached hydrogens (tertiary/aromatic N) is 3. The summed E-state index contributed by atoms with van der Waals surface area (Å²) in [6.07, 6.45) is 0.859. The predicted octanol–water partition coefficient (Wildman–Crippen LogP) is 3.75. The lowest BCUT2D eigenvalue weighted by molar-refractivity contribution is 0.0312. The summed E-state index contributed by atoms with van der Waals surface area (Å²) in [5, 5.41) is 9.84. The lowest BCUT2D eigenvalue weighted by atomic mass is 9.99. The predicted molar refractivity (Wildman–Crippen MR) is 141 cm³/mol. The molecule has 0 bridgehead atoms. The number of benzene rings is 2. The first kappa shape index (κ1) is 27.7. The molecule has 1 aliphatic rings. The van der Waals surface area contributed by atoms with Crippen molar-refractivity contribution in [2.75, 3.05) is 26.7 Å². The van der Waals surface area contributed by atoms with Crippen molar-refractivity contribution < 1.29 is 28.2 Å². The first-order chi connectivity index (χ1) is 18.7. The van der Waals surface area contributed by atoms with Gasteiger partial charge in [0.05, 0.1) is 24.8 Å². The summed E-state index contributed by atoms with van der Waals surface area (Å²) in [5.74, 6) is 3.66. The second-order valence-electron chi connectivity index (χ2n) is 9.63. The van der Waals surface area contributed by atoms with Crippen LogP contribution in [-0.4, -0.2) is 70.6 Å². The number of halogens is 2. The zero-order chi connectivity index (χ0) is 28.1. The van der Waals surface area contributed by atoms with Crippen molar-refractivity contribution >= 4 is 11.8 Å². The Labute approximate surface area is 226 Å². The molecule has 4 rings (SSSR count). The molecule has 0 saturated heterocycles. The number of hydrogen-bond donors (Lipinski definition) is 1. The Kier molecular flexibility index (Phi) is 8.57. The Bertz CT molecular complexity index is 1430. The smallest absolute Gasteiger partial charge is 0.259 e. The zero-order valence-electron chi connectivity index (χ0n) is 21.9. The molecule has 9 heteroatoms. The summed E-state index contributed by atoms with van der Waals surface area (Å²) in [5.41, 5.74) is 0.991. The summed E-state index contributed by atoms with van der Waals surface area (Å²) in [6.45, 7) is 3.70. The number of fused-ring (bicyclic) bond motifs is 1. The number of likely N-dealkylation sites (N-methyl/N-ethyl adjacent to an activating group) is 1. The molecule has 1 aromatic heterocycles. The van der Waals surface area contributed by atoms with Gasteiger partial charge in [-0.3, -0.25) is 9.59 Å². The Morgan fingerprint density at radius 3 is 2.64 bits per heavy atom. The van der Waals surface area contributed by atoms with E-state index in [1.165, 1.54) is 41.4 Å². The molecule has 7 nitrogen and oxygen atoms in total. The van der Waals surface area contributed by atoms with Gasteiger partial charge in [-0.25, -0.2) is 13.8 Å². The highest BCUT2D eigenvalue weighted by Crippen LogP contribution is 2.27. The molecule has 0 fully saturated rings. The van der Waals surface area contributed by atoms with E-state index in [9.17, 15) is 23.5 Å². The summed E-state index contributed by atoms with van der Waals surface area (Å²) < 4.78 is 34.0. The topological polar surface area (TPSA) is 83.0 Å². The second-order valence-corrected chi connectivity index (χ2v) is 9.63. The molecule has 0 spiro atoms. The standard InChI is InChI=1S/C30H29F2N3O4/c1-19-16-35(20(2)18-36)30(38)25-14-22(12-11-21-7-6-8-23(31)13-21)15-33-28(25)39-27(19)17-34(3)29(37)24-9-4-5-10-26(24)32/h4-10,13-15,19-20,27,36H,16-18H2,1-3H3/t19-,20+,27+/m1/s1. The van der Waals surface area contributed by atoms with Gasteiger partial charge in [-0.2, -0.15) is 0 Å². The van der Waals surface area contributed by atoms with Crippen molar-refractivity contribution in [2.45, 2.75) is 26.0 Å². The van der Waals surface area contributed by atoms with Crippen LogP contribution in [0.2, 0.25) is 0 Å². The van der Waals surface area contributed by atoms with E-state index < -0.39 is 29.7 Å². The molecule has 1 N–H and O–H groups in total. The van der Waals surface area contributed by atoms with Gasteiger partial charge in [0.2, 0.25) is 5.88 Å². The molecular weight excluding hydrogens is 504 g/mol. The average molecular weight is 534 g/mol. The van der Waals surface area contributed by atoms with Gasteiger partial charge in [-0.15, -0.1) is 0 Å². The number of ether oxygens (including phenoxy) is 1. The van der Waals surface area contributed by atoms with Crippen LogP contribution in [0.25, 0.3) is 0 Å². The molecule has 202 valence electrons. The van der Waals surface area contributed by atoms with Crippen molar-refractivity contribution in [3.63, 3.8) is 0 Å². The van der Waals surface area contributed by atoms with Gasteiger partial charge in [0.15, 0.2) is 0 Å². The molecule has 3 atom stereocenters. The lowest BCUT2D eigenvalue weighted by Crippen LogP contribution is -2.50. The fraction of sp³-hybridized carbons (Fsp3) is 0.300. The van der Waals surface area contributed by atoms with Crippen LogP contribution in [0.15, 0.2) is 60.8 Å². The van der Waals surface area contributed by atoms with Gasteiger partial charge >= 0.3 is 0 Å². The molecule has 2 aromatic carbocycles. The van der Waals surface area contributed by atoms with Crippen LogP contribution in [0.5, 0.6) is 5.88 Å². The number of aromatic nitrogens is 1. The Balaban J connectivity index is 1.66.